The molecule has 0 radical (unpaired) electrons. The predicted octanol–water partition coefficient (Wildman–Crippen LogP) is 3.60. The minimum absolute atomic E-state index is 0.496. The number of hydrogen-bond acceptors (Lipinski definition) is 7. The molecule has 150 valence electrons. The second-order valence-corrected chi connectivity index (χ2v) is 8.84. The van der Waals surface area contributed by atoms with Gasteiger partial charge in [-0.1, -0.05) is 20.8 Å². The van der Waals surface area contributed by atoms with Crippen LogP contribution < -0.4 is 15.5 Å². The van der Waals surface area contributed by atoms with Crippen molar-refractivity contribution in [2.75, 3.05) is 29.9 Å². The van der Waals surface area contributed by atoms with Crippen LogP contribution in [0.25, 0.3) is 0 Å². The second kappa shape index (κ2) is 9.97. The molecular formula is C19H27N7S2. The highest BCUT2D eigenvalue weighted by Crippen LogP contribution is 2.28. The maximum absolute atomic E-state index is 5.40. The normalized spacial score (nSPS) is 16.9. The molecule has 0 bridgehead atoms. The first-order valence-corrected chi connectivity index (χ1v) is 10.9. The van der Waals surface area contributed by atoms with Crippen molar-refractivity contribution < 1.29 is 0 Å². The third-order valence-electron chi connectivity index (χ3n) is 4.30. The highest BCUT2D eigenvalue weighted by atomic mass is 32.2. The quantitative estimate of drug-likeness (QED) is 0.416. The number of rotatable bonds is 6. The van der Waals surface area contributed by atoms with Gasteiger partial charge >= 0.3 is 0 Å². The smallest absolute Gasteiger partial charge is 0.232 e. The van der Waals surface area contributed by atoms with E-state index in [1.165, 1.54) is 24.6 Å². The summed E-state index contributed by atoms with van der Waals surface area (Å²) in [5.74, 6) is 2.57. The van der Waals surface area contributed by atoms with Crippen LogP contribution in [0.3, 0.4) is 0 Å². The average Bonchev–Trinajstić information content (AvgIpc) is 2.67. The van der Waals surface area contributed by atoms with E-state index in [0.717, 1.165) is 30.5 Å². The number of aromatic nitrogens is 4. The van der Waals surface area contributed by atoms with Gasteiger partial charge in [0.1, 0.15) is 10.8 Å². The van der Waals surface area contributed by atoms with Crippen molar-refractivity contribution in [2.24, 2.45) is 11.8 Å². The van der Waals surface area contributed by atoms with Crippen LogP contribution in [0.5, 0.6) is 0 Å². The van der Waals surface area contributed by atoms with Crippen molar-refractivity contribution in [3.05, 3.63) is 24.5 Å². The number of piperidine rings is 1. The van der Waals surface area contributed by atoms with Crippen LogP contribution in [0.2, 0.25) is 0 Å². The molecule has 1 unspecified atom stereocenters. The third kappa shape index (κ3) is 6.27. The summed E-state index contributed by atoms with van der Waals surface area (Å²) in [6.45, 7) is 9.36. The number of anilines is 2. The topological polar surface area (TPSA) is 78.9 Å². The van der Waals surface area contributed by atoms with E-state index in [0.29, 0.717) is 28.1 Å². The fourth-order valence-corrected chi connectivity index (χ4v) is 3.84. The molecule has 3 rings (SSSR count). The molecule has 2 aromatic heterocycles. The lowest BCUT2D eigenvalue weighted by atomic mass is 10.0. The van der Waals surface area contributed by atoms with E-state index in [1.807, 2.05) is 6.07 Å². The van der Waals surface area contributed by atoms with Crippen LogP contribution in [0, 0.1) is 11.8 Å². The fourth-order valence-electron chi connectivity index (χ4n) is 2.95. The summed E-state index contributed by atoms with van der Waals surface area (Å²) in [5.41, 5.74) is 0. The first-order chi connectivity index (χ1) is 13.5. The summed E-state index contributed by atoms with van der Waals surface area (Å²) in [6.07, 6.45) is 5.89. The molecule has 28 heavy (non-hydrogen) atoms. The monoisotopic (exact) mass is 417 g/mol. The van der Waals surface area contributed by atoms with E-state index in [9.17, 15) is 0 Å². The number of nitrogens with one attached hydrogen (secondary N) is 2. The van der Waals surface area contributed by atoms with Crippen LogP contribution in [0.4, 0.5) is 11.8 Å². The zero-order valence-electron chi connectivity index (χ0n) is 16.6. The van der Waals surface area contributed by atoms with Crippen LogP contribution in [0.15, 0.2) is 34.7 Å². The lowest BCUT2D eigenvalue weighted by Gasteiger charge is -2.32. The van der Waals surface area contributed by atoms with Crippen molar-refractivity contribution in [2.45, 2.75) is 43.8 Å². The van der Waals surface area contributed by atoms with E-state index >= 15 is 0 Å². The molecule has 0 spiro atoms. The third-order valence-corrected chi connectivity index (χ3v) is 5.36. The molecule has 2 aromatic rings. The highest BCUT2D eigenvalue weighted by Gasteiger charge is 2.20. The molecule has 1 fully saturated rings. The molecular weight excluding hydrogens is 390 g/mol. The van der Waals surface area contributed by atoms with Gasteiger partial charge < -0.3 is 15.5 Å². The lowest BCUT2D eigenvalue weighted by molar-refractivity contribution is 0.444. The molecule has 1 aliphatic heterocycles. The van der Waals surface area contributed by atoms with Crippen molar-refractivity contribution in [3.63, 3.8) is 0 Å². The van der Waals surface area contributed by atoms with E-state index < -0.39 is 0 Å². The highest BCUT2D eigenvalue weighted by molar-refractivity contribution is 7.99. The minimum atomic E-state index is 0.496. The summed E-state index contributed by atoms with van der Waals surface area (Å²) >= 11 is 6.82. The summed E-state index contributed by atoms with van der Waals surface area (Å²) in [5, 5.41) is 8.32. The van der Waals surface area contributed by atoms with Gasteiger partial charge in [0.05, 0.1) is 0 Å². The first-order valence-electron chi connectivity index (χ1n) is 9.63. The van der Waals surface area contributed by atoms with Crippen LogP contribution in [0.1, 0.15) is 33.6 Å². The van der Waals surface area contributed by atoms with Crippen LogP contribution in [-0.4, -0.2) is 44.7 Å². The Bertz CT molecular complexity index is 785. The van der Waals surface area contributed by atoms with E-state index in [4.69, 9.17) is 17.2 Å². The maximum atomic E-state index is 5.40. The summed E-state index contributed by atoms with van der Waals surface area (Å²) in [4.78, 5) is 20.2. The molecule has 1 aliphatic rings. The average molecular weight is 418 g/mol. The Morgan fingerprint density at radius 1 is 1.32 bits per heavy atom. The van der Waals surface area contributed by atoms with Crippen molar-refractivity contribution in [3.8, 4) is 0 Å². The van der Waals surface area contributed by atoms with Gasteiger partial charge in [-0.25, -0.2) is 15.0 Å². The van der Waals surface area contributed by atoms with Gasteiger partial charge in [-0.05, 0) is 54.7 Å². The zero-order chi connectivity index (χ0) is 19.9. The molecule has 7 nitrogen and oxygen atoms in total. The van der Waals surface area contributed by atoms with Crippen molar-refractivity contribution >= 4 is 40.9 Å². The molecule has 2 N–H and O–H groups in total. The Morgan fingerprint density at radius 3 is 2.82 bits per heavy atom. The largest absolute Gasteiger partial charge is 0.362 e. The van der Waals surface area contributed by atoms with Gasteiger partial charge in [-0.3, -0.25) is 0 Å². The van der Waals surface area contributed by atoms with Gasteiger partial charge in [-0.2, -0.15) is 4.98 Å². The van der Waals surface area contributed by atoms with Gasteiger partial charge in [0, 0.05) is 38.1 Å². The summed E-state index contributed by atoms with van der Waals surface area (Å²) in [6, 6.07) is 3.81. The van der Waals surface area contributed by atoms with E-state index in [2.05, 4.69) is 51.3 Å². The predicted molar refractivity (Wildman–Crippen MR) is 118 cm³/mol. The molecule has 1 saturated heterocycles. The van der Waals surface area contributed by atoms with Gasteiger partial charge in [0.2, 0.25) is 5.95 Å². The Balaban J connectivity index is 1.81. The minimum Gasteiger partial charge on any atom is -0.362 e. The van der Waals surface area contributed by atoms with Crippen LogP contribution in [-0.2, 0) is 0 Å². The summed E-state index contributed by atoms with van der Waals surface area (Å²) < 4.78 is 0. The molecule has 9 heteroatoms. The molecule has 3 heterocycles. The number of thiocarbonyl (C=S) groups is 1. The Morgan fingerprint density at radius 2 is 2.11 bits per heavy atom. The summed E-state index contributed by atoms with van der Waals surface area (Å²) in [7, 11) is 0. The zero-order valence-corrected chi connectivity index (χ0v) is 18.2. The first kappa shape index (κ1) is 20.7. The Hall–Kier alpha value is -2.00. The van der Waals surface area contributed by atoms with E-state index in [-0.39, 0.29) is 0 Å². The van der Waals surface area contributed by atoms with Gasteiger partial charge in [0.25, 0.3) is 0 Å². The van der Waals surface area contributed by atoms with Crippen molar-refractivity contribution in [1.29, 1.82) is 0 Å². The molecule has 0 saturated carbocycles. The molecule has 0 amide bonds. The molecule has 1 atom stereocenters. The Labute approximate surface area is 176 Å². The fraction of sp³-hybridized carbons (Fsp3) is 0.526. The lowest BCUT2D eigenvalue weighted by Crippen LogP contribution is -2.35. The maximum Gasteiger partial charge on any atom is 0.232 e. The molecule has 0 aromatic carbocycles. The van der Waals surface area contributed by atoms with Gasteiger partial charge in [-0.15, -0.1) is 0 Å². The van der Waals surface area contributed by atoms with E-state index in [1.54, 1.807) is 18.5 Å². The SMILES string of the molecule is CC(C)CNC(=S)Nc1nc(Sc2ncccn2)cc(N2CCCC(C)C2)n1. The Kier molecular flexibility index (Phi) is 7.38. The second-order valence-electron chi connectivity index (χ2n) is 7.44. The number of hydrogen-bond donors (Lipinski definition) is 2. The number of nitrogens with zero attached hydrogens (tertiary/aromatic N) is 5. The van der Waals surface area contributed by atoms with Crippen LogP contribution >= 0.6 is 24.0 Å². The molecule has 0 aliphatic carbocycles. The van der Waals surface area contributed by atoms with Gasteiger partial charge in [0.15, 0.2) is 10.3 Å². The van der Waals surface area contributed by atoms with Crippen molar-refractivity contribution in [1.82, 2.24) is 25.3 Å². The standard InChI is InChI=1S/C19H27N7S2/c1-13(2)11-22-18(27)25-17-23-15(26-9-4-6-14(3)12-26)10-16(24-17)28-19-20-7-5-8-21-19/h5,7-8,10,13-14H,4,6,9,11-12H2,1-3H3,(H2,22,23,24,25,27).